The maximum atomic E-state index is 9.77. The molecule has 1 aliphatic rings. The Morgan fingerprint density at radius 3 is 2.43 bits per heavy atom. The quantitative estimate of drug-likeness (QED) is 0.698. The number of aliphatic hydroxyl groups is 1. The van der Waals surface area contributed by atoms with Crippen molar-refractivity contribution in [1.82, 2.24) is 10.4 Å². The van der Waals surface area contributed by atoms with E-state index in [2.05, 4.69) is 5.43 Å². The van der Waals surface area contributed by atoms with Gasteiger partial charge in [0.1, 0.15) is 0 Å². The molecule has 2 rings (SSSR count). The first kappa shape index (κ1) is 9.24. The SMILES string of the molecule is CN1NC(C)(O)C=C1c1ccccc1. The summed E-state index contributed by atoms with van der Waals surface area (Å²) >= 11 is 0. The number of rotatable bonds is 1. The van der Waals surface area contributed by atoms with Gasteiger partial charge in [-0.1, -0.05) is 30.3 Å². The molecule has 0 saturated carbocycles. The Balaban J connectivity index is 2.36. The van der Waals surface area contributed by atoms with Crippen LogP contribution >= 0.6 is 0 Å². The summed E-state index contributed by atoms with van der Waals surface area (Å²) in [6.07, 6.45) is 1.81. The second kappa shape index (κ2) is 3.12. The minimum absolute atomic E-state index is 0.945. The van der Waals surface area contributed by atoms with E-state index in [1.165, 1.54) is 0 Å². The number of benzene rings is 1. The molecule has 0 aliphatic carbocycles. The van der Waals surface area contributed by atoms with Crippen molar-refractivity contribution in [2.45, 2.75) is 12.6 Å². The molecule has 3 nitrogen and oxygen atoms in total. The number of nitrogens with one attached hydrogen (secondary N) is 1. The maximum absolute atomic E-state index is 9.77. The van der Waals surface area contributed by atoms with Crippen LogP contribution in [0.25, 0.3) is 5.70 Å². The molecule has 0 amide bonds. The maximum Gasteiger partial charge on any atom is 0.150 e. The normalized spacial score (nSPS) is 26.5. The Morgan fingerprint density at radius 2 is 1.93 bits per heavy atom. The van der Waals surface area contributed by atoms with Crippen molar-refractivity contribution >= 4 is 5.70 Å². The average molecular weight is 190 g/mol. The summed E-state index contributed by atoms with van der Waals surface area (Å²) in [6.45, 7) is 1.72. The van der Waals surface area contributed by atoms with Crippen molar-refractivity contribution in [3.8, 4) is 0 Å². The van der Waals surface area contributed by atoms with Crippen molar-refractivity contribution in [1.29, 1.82) is 0 Å². The molecule has 0 aromatic heterocycles. The van der Waals surface area contributed by atoms with E-state index in [1.807, 2.05) is 48.5 Å². The van der Waals surface area contributed by atoms with Gasteiger partial charge in [-0.3, -0.25) is 0 Å². The van der Waals surface area contributed by atoms with Crippen LogP contribution in [-0.2, 0) is 0 Å². The Kier molecular flexibility index (Phi) is 2.06. The van der Waals surface area contributed by atoms with Crippen LogP contribution in [-0.4, -0.2) is 22.9 Å². The summed E-state index contributed by atoms with van der Waals surface area (Å²) in [5.74, 6) is 0. The summed E-state index contributed by atoms with van der Waals surface area (Å²) < 4.78 is 0. The first-order chi connectivity index (χ1) is 6.58. The van der Waals surface area contributed by atoms with E-state index in [1.54, 1.807) is 6.92 Å². The van der Waals surface area contributed by atoms with E-state index in [9.17, 15) is 5.11 Å². The minimum Gasteiger partial charge on any atom is -0.371 e. The van der Waals surface area contributed by atoms with Crippen molar-refractivity contribution < 1.29 is 5.11 Å². The predicted octanol–water partition coefficient (Wildman–Crippen LogP) is 1.19. The lowest BCUT2D eigenvalue weighted by Gasteiger charge is -2.21. The van der Waals surface area contributed by atoms with Crippen LogP contribution in [0, 0.1) is 0 Å². The number of hydrogen-bond acceptors (Lipinski definition) is 3. The van der Waals surface area contributed by atoms with Crippen LogP contribution in [0.4, 0.5) is 0 Å². The van der Waals surface area contributed by atoms with Gasteiger partial charge in [0.25, 0.3) is 0 Å². The number of hydrazine groups is 1. The van der Waals surface area contributed by atoms with Gasteiger partial charge in [0.2, 0.25) is 0 Å². The predicted molar refractivity (Wildman–Crippen MR) is 55.9 cm³/mol. The summed E-state index contributed by atoms with van der Waals surface area (Å²) in [5.41, 5.74) is 4.09. The second-order valence-electron chi connectivity index (χ2n) is 3.71. The summed E-state index contributed by atoms with van der Waals surface area (Å²) in [7, 11) is 1.89. The Morgan fingerprint density at radius 1 is 1.29 bits per heavy atom. The van der Waals surface area contributed by atoms with Gasteiger partial charge in [-0.2, -0.15) is 0 Å². The smallest absolute Gasteiger partial charge is 0.150 e. The minimum atomic E-state index is -0.945. The lowest BCUT2D eigenvalue weighted by Crippen LogP contribution is -2.42. The molecule has 14 heavy (non-hydrogen) atoms. The first-order valence-corrected chi connectivity index (χ1v) is 4.61. The lowest BCUT2D eigenvalue weighted by molar-refractivity contribution is 0.0398. The van der Waals surface area contributed by atoms with Gasteiger partial charge < -0.3 is 10.1 Å². The number of hydrogen-bond donors (Lipinski definition) is 2. The standard InChI is InChI=1S/C11H14N2O/c1-11(14)8-10(13(2)12-11)9-6-4-3-5-7-9/h3-8,12,14H,1-2H3. The summed E-state index contributed by atoms with van der Waals surface area (Å²) in [6, 6.07) is 9.98. The molecule has 0 spiro atoms. The molecule has 1 aromatic carbocycles. The highest BCUT2D eigenvalue weighted by molar-refractivity contribution is 5.66. The van der Waals surface area contributed by atoms with Crippen LogP contribution in [0.1, 0.15) is 12.5 Å². The molecule has 1 heterocycles. The van der Waals surface area contributed by atoms with E-state index in [0.29, 0.717) is 0 Å². The molecule has 0 bridgehead atoms. The zero-order valence-electron chi connectivity index (χ0n) is 8.36. The molecule has 1 aromatic rings. The van der Waals surface area contributed by atoms with Gasteiger partial charge >= 0.3 is 0 Å². The molecule has 1 aliphatic heterocycles. The lowest BCUT2D eigenvalue weighted by atomic mass is 10.1. The molecule has 0 saturated heterocycles. The van der Waals surface area contributed by atoms with E-state index < -0.39 is 5.72 Å². The molecule has 3 heteroatoms. The van der Waals surface area contributed by atoms with Gasteiger partial charge in [-0.25, -0.2) is 5.43 Å². The molecule has 0 radical (unpaired) electrons. The zero-order chi connectivity index (χ0) is 10.2. The van der Waals surface area contributed by atoms with Gasteiger partial charge in [-0.05, 0) is 18.6 Å². The highest BCUT2D eigenvalue weighted by atomic mass is 16.3. The van der Waals surface area contributed by atoms with Crippen LogP contribution in [0.2, 0.25) is 0 Å². The van der Waals surface area contributed by atoms with Crippen molar-refractivity contribution in [2.75, 3.05) is 7.05 Å². The van der Waals surface area contributed by atoms with Crippen LogP contribution in [0.5, 0.6) is 0 Å². The number of nitrogens with zero attached hydrogens (tertiary/aromatic N) is 1. The average Bonchev–Trinajstić information content (AvgIpc) is 2.41. The Bertz CT molecular complexity index is 357. The fourth-order valence-corrected chi connectivity index (χ4v) is 1.68. The zero-order valence-corrected chi connectivity index (χ0v) is 8.36. The van der Waals surface area contributed by atoms with E-state index >= 15 is 0 Å². The van der Waals surface area contributed by atoms with Crippen molar-refractivity contribution in [3.63, 3.8) is 0 Å². The fraction of sp³-hybridized carbons (Fsp3) is 0.273. The monoisotopic (exact) mass is 190 g/mol. The third kappa shape index (κ3) is 1.64. The van der Waals surface area contributed by atoms with Crippen LogP contribution in [0.15, 0.2) is 36.4 Å². The van der Waals surface area contributed by atoms with Gasteiger partial charge in [-0.15, -0.1) is 0 Å². The largest absolute Gasteiger partial charge is 0.371 e. The third-order valence-electron chi connectivity index (χ3n) is 2.24. The van der Waals surface area contributed by atoms with Crippen LogP contribution < -0.4 is 5.43 Å². The molecule has 74 valence electrons. The molecule has 1 atom stereocenters. The molecular formula is C11H14N2O. The van der Waals surface area contributed by atoms with Crippen molar-refractivity contribution in [2.24, 2.45) is 0 Å². The molecule has 1 unspecified atom stereocenters. The molecular weight excluding hydrogens is 176 g/mol. The van der Waals surface area contributed by atoms with Crippen molar-refractivity contribution in [3.05, 3.63) is 42.0 Å². The second-order valence-corrected chi connectivity index (χ2v) is 3.71. The third-order valence-corrected chi connectivity index (χ3v) is 2.24. The topological polar surface area (TPSA) is 35.5 Å². The Hall–Kier alpha value is -1.32. The first-order valence-electron chi connectivity index (χ1n) is 4.61. The van der Waals surface area contributed by atoms with E-state index in [-0.39, 0.29) is 0 Å². The Labute approximate surface area is 83.6 Å². The summed E-state index contributed by atoms with van der Waals surface area (Å²) in [4.78, 5) is 0. The van der Waals surface area contributed by atoms with Crippen LogP contribution in [0.3, 0.4) is 0 Å². The molecule has 0 fully saturated rings. The highest BCUT2D eigenvalue weighted by Crippen LogP contribution is 2.25. The van der Waals surface area contributed by atoms with Gasteiger partial charge in [0.15, 0.2) is 5.72 Å². The van der Waals surface area contributed by atoms with Gasteiger partial charge in [0.05, 0.1) is 5.70 Å². The summed E-state index contributed by atoms with van der Waals surface area (Å²) in [5, 5.41) is 11.6. The van der Waals surface area contributed by atoms with Gasteiger partial charge in [0, 0.05) is 7.05 Å². The highest BCUT2D eigenvalue weighted by Gasteiger charge is 2.28. The van der Waals surface area contributed by atoms with E-state index in [0.717, 1.165) is 11.3 Å². The molecule has 2 N–H and O–H groups in total. The fourth-order valence-electron chi connectivity index (χ4n) is 1.68. The van der Waals surface area contributed by atoms with E-state index in [4.69, 9.17) is 0 Å².